The molecular formula is C15H19NO4. The second-order valence-electron chi connectivity index (χ2n) is 4.35. The Morgan fingerprint density at radius 1 is 1.20 bits per heavy atom. The van der Waals surface area contributed by atoms with Crippen molar-refractivity contribution in [2.24, 2.45) is 0 Å². The van der Waals surface area contributed by atoms with Gasteiger partial charge in [0.1, 0.15) is 11.9 Å². The molecular weight excluding hydrogens is 258 g/mol. The Kier molecular flexibility index (Phi) is 5.03. The second kappa shape index (κ2) is 6.98. The number of rotatable bonds is 7. The van der Waals surface area contributed by atoms with Crippen LogP contribution >= 0.6 is 0 Å². The van der Waals surface area contributed by atoms with E-state index in [1.165, 1.54) is 0 Å². The van der Waals surface area contributed by atoms with Crippen molar-refractivity contribution in [1.82, 2.24) is 5.32 Å². The highest BCUT2D eigenvalue weighted by Crippen LogP contribution is 2.27. The van der Waals surface area contributed by atoms with E-state index in [1.807, 2.05) is 18.2 Å². The number of hydrogen-bond donors (Lipinski definition) is 2. The molecule has 1 atom stereocenters. The lowest BCUT2D eigenvalue weighted by Gasteiger charge is -2.12. The van der Waals surface area contributed by atoms with Gasteiger partial charge in [-0.25, -0.2) is 0 Å². The highest BCUT2D eigenvalue weighted by atomic mass is 16.5. The van der Waals surface area contributed by atoms with Crippen LogP contribution in [0.2, 0.25) is 0 Å². The molecule has 0 aliphatic carbocycles. The number of hydrogen-bond acceptors (Lipinski definition) is 5. The molecule has 0 saturated carbocycles. The van der Waals surface area contributed by atoms with Gasteiger partial charge in [-0.3, -0.25) is 0 Å². The quantitative estimate of drug-likeness (QED) is 0.811. The Balaban J connectivity index is 1.88. The third-order valence-corrected chi connectivity index (χ3v) is 2.99. The molecule has 2 rings (SSSR count). The Hall–Kier alpha value is -1.98. The van der Waals surface area contributed by atoms with Crippen molar-refractivity contribution in [3.8, 4) is 11.5 Å². The second-order valence-corrected chi connectivity index (χ2v) is 4.35. The van der Waals surface area contributed by atoms with E-state index in [2.05, 4.69) is 5.32 Å². The van der Waals surface area contributed by atoms with Crippen LogP contribution < -0.4 is 14.8 Å². The molecule has 20 heavy (non-hydrogen) atoms. The smallest absolute Gasteiger partial charge is 0.161 e. The van der Waals surface area contributed by atoms with Crippen LogP contribution in [0.1, 0.15) is 17.4 Å². The highest BCUT2D eigenvalue weighted by molar-refractivity contribution is 5.42. The van der Waals surface area contributed by atoms with Crippen LogP contribution in [0.3, 0.4) is 0 Å². The van der Waals surface area contributed by atoms with Crippen molar-refractivity contribution in [2.75, 3.05) is 20.8 Å². The Labute approximate surface area is 118 Å². The average Bonchev–Trinajstić information content (AvgIpc) is 3.01. The monoisotopic (exact) mass is 277 g/mol. The topological polar surface area (TPSA) is 63.9 Å². The van der Waals surface area contributed by atoms with Crippen molar-refractivity contribution < 1.29 is 19.0 Å². The van der Waals surface area contributed by atoms with Gasteiger partial charge in [0, 0.05) is 13.1 Å². The Morgan fingerprint density at radius 2 is 2.00 bits per heavy atom. The fraction of sp³-hybridized carbons (Fsp3) is 0.333. The van der Waals surface area contributed by atoms with E-state index in [1.54, 1.807) is 32.6 Å². The third kappa shape index (κ3) is 3.53. The first-order valence-electron chi connectivity index (χ1n) is 6.37. The molecule has 0 saturated heterocycles. The number of aliphatic hydroxyl groups is 1. The molecule has 1 aromatic heterocycles. The average molecular weight is 277 g/mol. The molecule has 108 valence electrons. The van der Waals surface area contributed by atoms with E-state index >= 15 is 0 Å². The van der Waals surface area contributed by atoms with E-state index < -0.39 is 6.10 Å². The first-order valence-corrected chi connectivity index (χ1v) is 6.37. The minimum absolute atomic E-state index is 0.419. The maximum absolute atomic E-state index is 9.87. The normalized spacial score (nSPS) is 12.2. The van der Waals surface area contributed by atoms with Gasteiger partial charge >= 0.3 is 0 Å². The summed E-state index contributed by atoms with van der Waals surface area (Å²) in [5.41, 5.74) is 1.05. The van der Waals surface area contributed by atoms with Gasteiger partial charge in [-0.2, -0.15) is 0 Å². The van der Waals surface area contributed by atoms with Gasteiger partial charge < -0.3 is 24.3 Å². The van der Waals surface area contributed by atoms with Crippen molar-refractivity contribution in [1.29, 1.82) is 0 Å². The molecule has 0 aliphatic rings. The molecule has 5 heteroatoms. The molecule has 0 fully saturated rings. The van der Waals surface area contributed by atoms with Crippen LogP contribution in [0.5, 0.6) is 11.5 Å². The molecule has 2 N–H and O–H groups in total. The van der Waals surface area contributed by atoms with Gasteiger partial charge in [0.2, 0.25) is 0 Å². The molecule has 1 aromatic carbocycles. The highest BCUT2D eigenvalue weighted by Gasteiger charge is 2.10. The summed E-state index contributed by atoms with van der Waals surface area (Å²) in [6.45, 7) is 1.04. The molecule has 2 aromatic rings. The lowest BCUT2D eigenvalue weighted by atomic mass is 10.2. The Bertz CT molecular complexity index is 525. The number of methoxy groups -OCH3 is 2. The van der Waals surface area contributed by atoms with Crippen LogP contribution in [0.4, 0.5) is 0 Å². The molecule has 1 unspecified atom stereocenters. The maximum Gasteiger partial charge on any atom is 0.161 e. The van der Waals surface area contributed by atoms with Crippen molar-refractivity contribution in [3.05, 3.63) is 47.9 Å². The summed E-state index contributed by atoms with van der Waals surface area (Å²) in [5.74, 6) is 1.95. The zero-order valence-electron chi connectivity index (χ0n) is 11.6. The van der Waals surface area contributed by atoms with E-state index in [4.69, 9.17) is 13.9 Å². The van der Waals surface area contributed by atoms with Gasteiger partial charge in [0.05, 0.1) is 20.5 Å². The minimum atomic E-state index is -0.648. The van der Waals surface area contributed by atoms with E-state index in [-0.39, 0.29) is 0 Å². The van der Waals surface area contributed by atoms with Crippen LogP contribution in [0.25, 0.3) is 0 Å². The number of benzene rings is 1. The molecule has 0 spiro atoms. The van der Waals surface area contributed by atoms with E-state index in [0.717, 1.165) is 5.56 Å². The molecule has 5 nitrogen and oxygen atoms in total. The number of ether oxygens (including phenoxy) is 2. The molecule has 1 heterocycles. The standard InChI is InChI=1S/C15H19NO4/c1-18-14-6-5-11(8-15(14)19-2)9-16-10-12(17)13-4-3-7-20-13/h3-8,12,16-17H,9-10H2,1-2H3. The van der Waals surface area contributed by atoms with Crippen LogP contribution in [0, 0.1) is 0 Å². The summed E-state index contributed by atoms with van der Waals surface area (Å²) in [4.78, 5) is 0. The zero-order valence-corrected chi connectivity index (χ0v) is 11.6. The summed E-state index contributed by atoms with van der Waals surface area (Å²) < 4.78 is 15.6. The van der Waals surface area contributed by atoms with E-state index in [0.29, 0.717) is 30.3 Å². The number of nitrogens with one attached hydrogen (secondary N) is 1. The van der Waals surface area contributed by atoms with Gasteiger partial charge in [-0.05, 0) is 29.8 Å². The summed E-state index contributed by atoms with van der Waals surface area (Å²) >= 11 is 0. The summed E-state index contributed by atoms with van der Waals surface area (Å²) in [5, 5.41) is 13.0. The lowest BCUT2D eigenvalue weighted by molar-refractivity contribution is 0.147. The van der Waals surface area contributed by atoms with Crippen molar-refractivity contribution in [2.45, 2.75) is 12.6 Å². The number of furan rings is 1. The summed E-state index contributed by atoms with van der Waals surface area (Å²) in [7, 11) is 3.21. The van der Waals surface area contributed by atoms with Crippen LogP contribution in [0.15, 0.2) is 41.0 Å². The van der Waals surface area contributed by atoms with Gasteiger partial charge in [-0.15, -0.1) is 0 Å². The largest absolute Gasteiger partial charge is 0.493 e. The fourth-order valence-electron chi connectivity index (χ4n) is 1.93. The summed E-state index contributed by atoms with van der Waals surface area (Å²) in [6.07, 6.45) is 0.900. The van der Waals surface area contributed by atoms with Crippen molar-refractivity contribution in [3.63, 3.8) is 0 Å². The van der Waals surface area contributed by atoms with Gasteiger partial charge in [0.15, 0.2) is 11.5 Å². The maximum atomic E-state index is 9.87. The Morgan fingerprint density at radius 3 is 2.65 bits per heavy atom. The first-order chi connectivity index (χ1) is 9.74. The third-order valence-electron chi connectivity index (χ3n) is 2.99. The zero-order chi connectivity index (χ0) is 14.4. The first kappa shape index (κ1) is 14.4. The van der Waals surface area contributed by atoms with E-state index in [9.17, 15) is 5.11 Å². The van der Waals surface area contributed by atoms with Crippen LogP contribution in [-0.2, 0) is 6.54 Å². The van der Waals surface area contributed by atoms with Gasteiger partial charge in [-0.1, -0.05) is 6.07 Å². The molecule has 0 radical (unpaired) electrons. The van der Waals surface area contributed by atoms with Crippen LogP contribution in [-0.4, -0.2) is 25.9 Å². The minimum Gasteiger partial charge on any atom is -0.493 e. The molecule has 0 bridgehead atoms. The predicted molar refractivity (Wildman–Crippen MR) is 74.9 cm³/mol. The fourth-order valence-corrected chi connectivity index (χ4v) is 1.93. The SMILES string of the molecule is COc1ccc(CNCC(O)c2ccco2)cc1OC. The molecule has 0 amide bonds. The lowest BCUT2D eigenvalue weighted by Crippen LogP contribution is -2.20. The van der Waals surface area contributed by atoms with Crippen molar-refractivity contribution >= 4 is 0 Å². The molecule has 0 aliphatic heterocycles. The predicted octanol–water partition coefficient (Wildman–Crippen LogP) is 2.12. The number of aliphatic hydroxyl groups excluding tert-OH is 1. The summed E-state index contributed by atoms with van der Waals surface area (Å²) in [6, 6.07) is 9.23. The van der Waals surface area contributed by atoms with Gasteiger partial charge in [0.25, 0.3) is 0 Å².